The number of rotatable bonds is 3. The number of piperazine rings is 1. The van der Waals surface area contributed by atoms with Crippen LogP contribution in [0.2, 0.25) is 0 Å². The molecule has 0 aliphatic carbocycles. The van der Waals surface area contributed by atoms with Crippen molar-refractivity contribution >= 4 is 23.4 Å². The van der Waals surface area contributed by atoms with Gasteiger partial charge in [-0.25, -0.2) is 0 Å². The molecule has 0 bridgehead atoms. The first-order chi connectivity index (χ1) is 11.2. The topological polar surface area (TPSA) is 32.8 Å². The lowest BCUT2D eigenvalue weighted by molar-refractivity contribution is -0.131. The first-order valence-corrected chi connectivity index (χ1v) is 8.63. The molecule has 2 heterocycles. The number of hydrogen-bond acceptors (Lipinski definition) is 4. The largest absolute Gasteiger partial charge is 0.483 e. The van der Waals surface area contributed by atoms with Crippen LogP contribution in [0.25, 0.3) is 5.70 Å². The predicted molar refractivity (Wildman–Crippen MR) is 90.2 cm³/mol. The van der Waals surface area contributed by atoms with Crippen molar-refractivity contribution in [2.45, 2.75) is 30.1 Å². The monoisotopic (exact) mass is 354 g/mol. The van der Waals surface area contributed by atoms with Gasteiger partial charge in [-0.1, -0.05) is 11.8 Å². The molecule has 1 amide bonds. The Morgan fingerprint density at radius 3 is 2.71 bits per heavy atom. The molecular weight excluding hydrogens is 334 g/mol. The molecule has 1 fully saturated rings. The third kappa shape index (κ3) is 3.57. The molecule has 1 aromatic rings. The van der Waals surface area contributed by atoms with E-state index in [0.29, 0.717) is 41.1 Å². The number of nitrogens with zero attached hydrogens (tertiary/aromatic N) is 2. The van der Waals surface area contributed by atoms with Gasteiger partial charge in [0.25, 0.3) is 5.76 Å². The molecule has 2 aliphatic heterocycles. The number of alkyl halides is 2. The number of likely N-dealkylation sites (N-methyl/N-ethyl adjacent to an activating group) is 1. The molecular formula is C17H20F2N2O2S. The molecule has 7 heteroatoms. The van der Waals surface area contributed by atoms with E-state index in [9.17, 15) is 13.6 Å². The van der Waals surface area contributed by atoms with E-state index in [1.54, 1.807) is 23.1 Å². The van der Waals surface area contributed by atoms with Crippen molar-refractivity contribution in [3.8, 4) is 5.75 Å². The van der Waals surface area contributed by atoms with Crippen molar-refractivity contribution in [1.29, 1.82) is 0 Å². The molecule has 0 atom stereocenters. The second kappa shape index (κ2) is 6.37. The molecule has 0 saturated carbocycles. The zero-order valence-electron chi connectivity index (χ0n) is 13.9. The summed E-state index contributed by atoms with van der Waals surface area (Å²) in [4.78, 5) is 16.6. The number of ether oxygens (including phenoxy) is 1. The standard InChI is InChI=1S/C17H20F2N2O2S/c1-17(2)9-13(21-7-6-20(3)10-15(21)22)12-8-11(24-16(18)19)4-5-14(12)23-17/h4-5,8-9,16H,6-7,10H2,1-3H3. The minimum atomic E-state index is -2.48. The molecule has 0 spiro atoms. The first-order valence-electron chi connectivity index (χ1n) is 7.75. The Morgan fingerprint density at radius 2 is 2.04 bits per heavy atom. The molecule has 0 N–H and O–H groups in total. The van der Waals surface area contributed by atoms with E-state index >= 15 is 0 Å². The number of hydrogen-bond donors (Lipinski definition) is 0. The van der Waals surface area contributed by atoms with Crippen LogP contribution in [0, 0.1) is 0 Å². The summed E-state index contributed by atoms with van der Waals surface area (Å²) in [6.07, 6.45) is 1.90. The summed E-state index contributed by atoms with van der Waals surface area (Å²) in [7, 11) is 1.91. The van der Waals surface area contributed by atoms with Crippen LogP contribution < -0.4 is 4.74 Å². The molecule has 3 rings (SSSR count). The van der Waals surface area contributed by atoms with Crippen molar-refractivity contribution in [2.24, 2.45) is 0 Å². The smallest absolute Gasteiger partial charge is 0.288 e. The van der Waals surface area contributed by atoms with Crippen LogP contribution in [-0.2, 0) is 4.79 Å². The Hall–Kier alpha value is -1.60. The van der Waals surface area contributed by atoms with Gasteiger partial charge in [0.15, 0.2) is 0 Å². The Labute approximate surface area is 144 Å². The molecule has 24 heavy (non-hydrogen) atoms. The van der Waals surface area contributed by atoms with Crippen LogP contribution in [0.3, 0.4) is 0 Å². The number of carbonyl (C=O) groups is 1. The normalized spacial score (nSPS) is 20.7. The van der Waals surface area contributed by atoms with E-state index in [0.717, 1.165) is 12.2 Å². The maximum Gasteiger partial charge on any atom is 0.288 e. The maximum absolute atomic E-state index is 12.7. The van der Waals surface area contributed by atoms with E-state index in [1.807, 2.05) is 31.9 Å². The van der Waals surface area contributed by atoms with Gasteiger partial charge in [-0.3, -0.25) is 9.69 Å². The van der Waals surface area contributed by atoms with Crippen LogP contribution >= 0.6 is 11.8 Å². The second-order valence-corrected chi connectivity index (χ2v) is 7.62. The average Bonchev–Trinajstić information content (AvgIpc) is 2.46. The van der Waals surface area contributed by atoms with Crippen LogP contribution in [0.15, 0.2) is 29.2 Å². The Morgan fingerprint density at radius 1 is 1.29 bits per heavy atom. The van der Waals surface area contributed by atoms with Crippen molar-refractivity contribution in [3.63, 3.8) is 0 Å². The molecule has 1 saturated heterocycles. The van der Waals surface area contributed by atoms with Gasteiger partial charge in [0.1, 0.15) is 11.4 Å². The van der Waals surface area contributed by atoms with Crippen LogP contribution in [-0.4, -0.2) is 53.7 Å². The van der Waals surface area contributed by atoms with Gasteiger partial charge in [0.2, 0.25) is 5.91 Å². The fraction of sp³-hybridized carbons (Fsp3) is 0.471. The Bertz CT molecular complexity index is 691. The van der Waals surface area contributed by atoms with Crippen molar-refractivity contribution < 1.29 is 18.3 Å². The van der Waals surface area contributed by atoms with Gasteiger partial charge in [-0.15, -0.1) is 0 Å². The summed E-state index contributed by atoms with van der Waals surface area (Å²) in [6.45, 7) is 5.52. The fourth-order valence-electron chi connectivity index (χ4n) is 2.96. The first kappa shape index (κ1) is 17.2. The number of halogens is 2. The quantitative estimate of drug-likeness (QED) is 0.780. The van der Waals surface area contributed by atoms with E-state index in [2.05, 4.69) is 0 Å². The van der Waals surface area contributed by atoms with E-state index in [1.165, 1.54) is 0 Å². The molecule has 0 unspecified atom stereocenters. The summed E-state index contributed by atoms with van der Waals surface area (Å²) in [5, 5.41) is 0. The van der Waals surface area contributed by atoms with Gasteiger partial charge in [0, 0.05) is 23.5 Å². The third-order valence-corrected chi connectivity index (χ3v) is 4.72. The van der Waals surface area contributed by atoms with Crippen molar-refractivity contribution in [1.82, 2.24) is 9.80 Å². The summed E-state index contributed by atoms with van der Waals surface area (Å²) in [5.74, 6) is -1.87. The van der Waals surface area contributed by atoms with Crippen LogP contribution in [0.4, 0.5) is 8.78 Å². The second-order valence-electron chi connectivity index (χ2n) is 6.55. The lowest BCUT2D eigenvalue weighted by Gasteiger charge is -2.39. The predicted octanol–water partition coefficient (Wildman–Crippen LogP) is 3.29. The Balaban J connectivity index is 2.01. The highest BCUT2D eigenvalue weighted by atomic mass is 32.2. The molecule has 2 aliphatic rings. The summed E-state index contributed by atoms with van der Waals surface area (Å²) >= 11 is 0.493. The van der Waals surface area contributed by atoms with E-state index < -0.39 is 11.4 Å². The summed E-state index contributed by atoms with van der Waals surface area (Å²) in [6, 6.07) is 5.01. The molecule has 130 valence electrons. The van der Waals surface area contributed by atoms with Gasteiger partial charge in [-0.2, -0.15) is 8.78 Å². The maximum atomic E-state index is 12.7. The van der Waals surface area contributed by atoms with Gasteiger partial charge < -0.3 is 9.64 Å². The SMILES string of the molecule is CN1CCN(C2=CC(C)(C)Oc3ccc(SC(F)F)cc32)C(=O)C1. The van der Waals surface area contributed by atoms with Crippen LogP contribution in [0.5, 0.6) is 5.75 Å². The zero-order valence-corrected chi connectivity index (χ0v) is 14.7. The Kier molecular flexibility index (Phi) is 4.57. The van der Waals surface area contributed by atoms with Gasteiger partial charge in [-0.05, 0) is 45.2 Å². The number of amides is 1. The van der Waals surface area contributed by atoms with Gasteiger partial charge >= 0.3 is 0 Å². The van der Waals surface area contributed by atoms with E-state index in [4.69, 9.17) is 4.74 Å². The number of fused-ring (bicyclic) bond motifs is 1. The molecule has 4 nitrogen and oxygen atoms in total. The average molecular weight is 354 g/mol. The van der Waals surface area contributed by atoms with Crippen molar-refractivity contribution in [2.75, 3.05) is 26.7 Å². The minimum Gasteiger partial charge on any atom is -0.483 e. The van der Waals surface area contributed by atoms with E-state index in [-0.39, 0.29) is 5.91 Å². The van der Waals surface area contributed by atoms with Gasteiger partial charge in [0.05, 0.1) is 12.2 Å². The van der Waals surface area contributed by atoms with Crippen molar-refractivity contribution in [3.05, 3.63) is 29.8 Å². The highest BCUT2D eigenvalue weighted by Gasteiger charge is 2.33. The lowest BCUT2D eigenvalue weighted by atomic mass is 9.97. The third-order valence-electron chi connectivity index (χ3n) is 4.01. The zero-order chi connectivity index (χ0) is 17.5. The highest BCUT2D eigenvalue weighted by molar-refractivity contribution is 7.99. The highest BCUT2D eigenvalue weighted by Crippen LogP contribution is 2.40. The molecule has 0 radical (unpaired) electrons. The van der Waals surface area contributed by atoms with Crippen LogP contribution in [0.1, 0.15) is 19.4 Å². The number of benzene rings is 1. The summed E-state index contributed by atoms with van der Waals surface area (Å²) in [5.41, 5.74) is 0.873. The number of carbonyl (C=O) groups excluding carboxylic acids is 1. The lowest BCUT2D eigenvalue weighted by Crippen LogP contribution is -2.48. The molecule has 1 aromatic carbocycles. The molecule has 0 aromatic heterocycles. The summed E-state index contributed by atoms with van der Waals surface area (Å²) < 4.78 is 31.3. The minimum absolute atomic E-state index is 0.00515. The fourth-order valence-corrected chi connectivity index (χ4v) is 3.50. The number of thioether (sulfide) groups is 1.